The van der Waals surface area contributed by atoms with Crippen molar-refractivity contribution in [2.45, 2.75) is 26.2 Å². The number of carbonyl (C=O) groups is 2. The molecule has 3 rings (SSSR count). The van der Waals surface area contributed by atoms with Gasteiger partial charge in [-0.3, -0.25) is 13.9 Å². The molecule has 34 heavy (non-hydrogen) atoms. The van der Waals surface area contributed by atoms with E-state index in [1.807, 2.05) is 12.1 Å². The van der Waals surface area contributed by atoms with Crippen LogP contribution in [0.4, 0.5) is 11.4 Å². The highest BCUT2D eigenvalue weighted by Crippen LogP contribution is 2.24. The zero-order valence-corrected chi connectivity index (χ0v) is 21.1. The molecule has 0 saturated heterocycles. The van der Waals surface area contributed by atoms with Crippen LogP contribution in [0.2, 0.25) is 5.02 Å². The largest absolute Gasteiger partial charge is 0.324 e. The van der Waals surface area contributed by atoms with Crippen molar-refractivity contribution in [2.24, 2.45) is 0 Å². The number of halogens is 1. The molecule has 0 saturated carbocycles. The molecule has 8 heteroatoms. The summed E-state index contributed by atoms with van der Waals surface area (Å²) < 4.78 is 25.5. The van der Waals surface area contributed by atoms with Gasteiger partial charge in [0.15, 0.2) is 5.78 Å². The summed E-state index contributed by atoms with van der Waals surface area (Å²) in [7, 11) is -3.73. The summed E-state index contributed by atoms with van der Waals surface area (Å²) in [5.74, 6) is -0.724. The minimum atomic E-state index is -3.73. The number of carbonyl (C=O) groups excluding carboxylic acids is 2. The van der Waals surface area contributed by atoms with Crippen LogP contribution in [-0.4, -0.2) is 32.9 Å². The van der Waals surface area contributed by atoms with E-state index in [-0.39, 0.29) is 16.9 Å². The van der Waals surface area contributed by atoms with Crippen LogP contribution >= 0.6 is 11.6 Å². The maximum Gasteiger partial charge on any atom is 0.245 e. The normalized spacial score (nSPS) is 11.7. The van der Waals surface area contributed by atoms with Gasteiger partial charge in [-0.2, -0.15) is 0 Å². The highest BCUT2D eigenvalue weighted by Gasteiger charge is 2.21. The Bertz CT molecular complexity index is 1310. The van der Waals surface area contributed by atoms with E-state index in [4.69, 9.17) is 11.6 Å². The molecule has 0 aliphatic rings. The number of rotatable bonds is 7. The van der Waals surface area contributed by atoms with E-state index in [1.54, 1.807) is 54.6 Å². The topological polar surface area (TPSA) is 83.6 Å². The van der Waals surface area contributed by atoms with E-state index in [2.05, 4.69) is 26.1 Å². The molecule has 0 bridgehead atoms. The van der Waals surface area contributed by atoms with E-state index in [9.17, 15) is 18.0 Å². The summed E-state index contributed by atoms with van der Waals surface area (Å²) in [5, 5.41) is 3.03. The molecule has 6 nitrogen and oxygen atoms in total. The Hall–Kier alpha value is -3.16. The van der Waals surface area contributed by atoms with Crippen molar-refractivity contribution >= 4 is 44.7 Å². The first-order chi connectivity index (χ1) is 15.8. The predicted octanol–water partition coefficient (Wildman–Crippen LogP) is 5.27. The van der Waals surface area contributed by atoms with Gasteiger partial charge >= 0.3 is 0 Å². The van der Waals surface area contributed by atoms with Gasteiger partial charge in [-0.25, -0.2) is 8.42 Å². The molecule has 178 valence electrons. The molecule has 3 aromatic carbocycles. The van der Waals surface area contributed by atoms with E-state index in [0.717, 1.165) is 16.1 Å². The first kappa shape index (κ1) is 25.5. The van der Waals surface area contributed by atoms with Gasteiger partial charge in [-0.15, -0.1) is 0 Å². The van der Waals surface area contributed by atoms with Crippen LogP contribution < -0.4 is 9.62 Å². The standard InChI is InChI=1S/C26H27ClN2O4S/c1-26(2,3)20-13-11-18(12-14-20)25(31)19-7-5-9-22(15-19)28-24(30)17-29(34(4,32)33)23-10-6-8-21(27)16-23/h5-16H,17H2,1-4H3,(H,28,30). The third-order valence-corrected chi connectivity index (χ3v) is 6.58. The third-order valence-electron chi connectivity index (χ3n) is 5.21. The maximum atomic E-state index is 13.0. The average molecular weight is 499 g/mol. The Morgan fingerprint density at radius 2 is 1.56 bits per heavy atom. The number of anilines is 2. The number of hydrogen-bond donors (Lipinski definition) is 1. The van der Waals surface area contributed by atoms with Crippen molar-refractivity contribution in [3.63, 3.8) is 0 Å². The van der Waals surface area contributed by atoms with Gasteiger partial charge in [-0.1, -0.05) is 74.8 Å². The van der Waals surface area contributed by atoms with E-state index in [1.165, 1.54) is 6.07 Å². The van der Waals surface area contributed by atoms with Crippen LogP contribution in [0.1, 0.15) is 42.3 Å². The minimum absolute atomic E-state index is 0.0172. The molecular formula is C26H27ClN2O4S. The quantitative estimate of drug-likeness (QED) is 0.449. The fraction of sp³-hybridized carbons (Fsp3) is 0.231. The van der Waals surface area contributed by atoms with Gasteiger partial charge in [0, 0.05) is 21.8 Å². The van der Waals surface area contributed by atoms with Crippen LogP contribution in [0.15, 0.2) is 72.8 Å². The van der Waals surface area contributed by atoms with Gasteiger partial charge in [0.05, 0.1) is 11.9 Å². The van der Waals surface area contributed by atoms with Gasteiger partial charge in [0.2, 0.25) is 15.9 Å². The molecule has 0 aliphatic carbocycles. The molecule has 0 heterocycles. The molecule has 3 aromatic rings. The van der Waals surface area contributed by atoms with Crippen molar-refractivity contribution in [1.29, 1.82) is 0 Å². The lowest BCUT2D eigenvalue weighted by molar-refractivity contribution is -0.114. The first-order valence-corrected chi connectivity index (χ1v) is 12.9. The van der Waals surface area contributed by atoms with Crippen LogP contribution in [-0.2, 0) is 20.2 Å². The highest BCUT2D eigenvalue weighted by molar-refractivity contribution is 7.92. The highest BCUT2D eigenvalue weighted by atomic mass is 35.5. The van der Waals surface area contributed by atoms with Crippen molar-refractivity contribution in [1.82, 2.24) is 0 Å². The Labute approximate surface area is 205 Å². The SMILES string of the molecule is CC(C)(C)c1ccc(C(=O)c2cccc(NC(=O)CN(c3cccc(Cl)c3)S(C)(=O)=O)c2)cc1. The summed E-state index contributed by atoms with van der Waals surface area (Å²) in [6, 6.07) is 20.3. The molecule has 0 radical (unpaired) electrons. The molecule has 0 atom stereocenters. The Morgan fingerprint density at radius 3 is 2.15 bits per heavy atom. The van der Waals surface area contributed by atoms with Gasteiger partial charge in [0.1, 0.15) is 6.54 Å². The van der Waals surface area contributed by atoms with Crippen LogP contribution in [0.3, 0.4) is 0 Å². The lowest BCUT2D eigenvalue weighted by atomic mass is 9.86. The number of benzene rings is 3. The molecule has 0 spiro atoms. The lowest BCUT2D eigenvalue weighted by Crippen LogP contribution is -2.37. The number of ketones is 1. The number of nitrogens with zero attached hydrogens (tertiary/aromatic N) is 1. The molecule has 0 aromatic heterocycles. The Kier molecular flexibility index (Phi) is 7.48. The number of nitrogens with one attached hydrogen (secondary N) is 1. The van der Waals surface area contributed by atoms with Crippen molar-refractivity contribution < 1.29 is 18.0 Å². The fourth-order valence-corrected chi connectivity index (χ4v) is 4.42. The Morgan fingerprint density at radius 1 is 0.912 bits per heavy atom. The second kappa shape index (κ2) is 9.99. The second-order valence-electron chi connectivity index (χ2n) is 9.03. The van der Waals surface area contributed by atoms with Crippen LogP contribution in [0.5, 0.6) is 0 Å². The predicted molar refractivity (Wildman–Crippen MR) is 137 cm³/mol. The van der Waals surface area contributed by atoms with E-state index >= 15 is 0 Å². The summed E-state index contributed by atoms with van der Waals surface area (Å²) in [5.41, 5.74) is 2.74. The number of sulfonamides is 1. The minimum Gasteiger partial charge on any atom is -0.324 e. The average Bonchev–Trinajstić information content (AvgIpc) is 2.76. The summed E-state index contributed by atoms with van der Waals surface area (Å²) >= 11 is 5.98. The van der Waals surface area contributed by atoms with Crippen LogP contribution in [0.25, 0.3) is 0 Å². The summed E-state index contributed by atoms with van der Waals surface area (Å²) in [6.07, 6.45) is 1.02. The summed E-state index contributed by atoms with van der Waals surface area (Å²) in [4.78, 5) is 25.6. The number of amides is 1. The van der Waals surface area contributed by atoms with E-state index < -0.39 is 22.5 Å². The maximum absolute atomic E-state index is 13.0. The smallest absolute Gasteiger partial charge is 0.245 e. The zero-order chi connectivity index (χ0) is 25.1. The first-order valence-electron chi connectivity index (χ1n) is 10.6. The monoisotopic (exact) mass is 498 g/mol. The van der Waals surface area contributed by atoms with Gasteiger partial charge < -0.3 is 5.32 Å². The lowest BCUT2D eigenvalue weighted by Gasteiger charge is -2.22. The molecule has 1 amide bonds. The summed E-state index contributed by atoms with van der Waals surface area (Å²) in [6.45, 7) is 5.87. The second-order valence-corrected chi connectivity index (χ2v) is 11.4. The molecule has 1 N–H and O–H groups in total. The van der Waals surface area contributed by atoms with Gasteiger partial charge in [-0.05, 0) is 41.3 Å². The zero-order valence-electron chi connectivity index (χ0n) is 19.5. The van der Waals surface area contributed by atoms with Crippen molar-refractivity contribution in [3.05, 3.63) is 94.5 Å². The molecule has 0 aliphatic heterocycles. The molecule has 0 unspecified atom stereocenters. The molecular weight excluding hydrogens is 472 g/mol. The fourth-order valence-electron chi connectivity index (χ4n) is 3.39. The van der Waals surface area contributed by atoms with E-state index in [0.29, 0.717) is 21.8 Å². The number of hydrogen-bond acceptors (Lipinski definition) is 4. The third kappa shape index (κ3) is 6.46. The van der Waals surface area contributed by atoms with Crippen molar-refractivity contribution in [3.8, 4) is 0 Å². The van der Waals surface area contributed by atoms with Crippen molar-refractivity contribution in [2.75, 3.05) is 22.4 Å². The van der Waals surface area contributed by atoms with Gasteiger partial charge in [0.25, 0.3) is 0 Å². The van der Waals surface area contributed by atoms with Crippen LogP contribution in [0, 0.1) is 0 Å². The molecule has 0 fully saturated rings. The Balaban J connectivity index is 1.76.